The number of aryl methyl sites for hydroxylation is 2. The Morgan fingerprint density at radius 1 is 0.927 bits per heavy atom. The van der Waals surface area contributed by atoms with Gasteiger partial charge in [-0.3, -0.25) is 4.40 Å². The number of anilines is 1. The molecule has 4 heterocycles. The molecule has 0 amide bonds. The molecule has 3 aromatic heterocycles. The van der Waals surface area contributed by atoms with E-state index in [4.69, 9.17) is 20.2 Å². The predicted octanol–water partition coefficient (Wildman–Crippen LogP) is 5.89. The van der Waals surface area contributed by atoms with E-state index in [1.54, 1.807) is 18.6 Å². The van der Waals surface area contributed by atoms with Crippen molar-refractivity contribution >= 4 is 11.3 Å². The summed E-state index contributed by atoms with van der Waals surface area (Å²) in [6.45, 7) is 10.4. The molecule has 2 N–H and O–H groups in total. The van der Waals surface area contributed by atoms with Crippen LogP contribution >= 0.6 is 0 Å². The number of imidazole rings is 1. The molecule has 0 radical (unpaired) electrons. The molecule has 41 heavy (non-hydrogen) atoms. The van der Waals surface area contributed by atoms with Crippen molar-refractivity contribution in [3.05, 3.63) is 90.0 Å². The Morgan fingerprint density at radius 3 is 2.34 bits per heavy atom. The molecule has 0 unspecified atom stereocenters. The molecule has 1 aliphatic heterocycles. The summed E-state index contributed by atoms with van der Waals surface area (Å²) in [7, 11) is 2.14. The number of nitrogens with zero attached hydrogens (tertiary/aromatic N) is 6. The van der Waals surface area contributed by atoms with Crippen LogP contribution in [0.5, 0.6) is 17.2 Å². The normalized spacial score (nSPS) is 13.4. The average Bonchev–Trinajstić information content (AvgIpc) is 3.33. The highest BCUT2D eigenvalue weighted by Gasteiger charge is 2.26. The third kappa shape index (κ3) is 6.47. The van der Waals surface area contributed by atoms with E-state index in [2.05, 4.69) is 31.3 Å². The van der Waals surface area contributed by atoms with Gasteiger partial charge in [0.1, 0.15) is 52.5 Å². The Labute approximate surface area is 241 Å². The van der Waals surface area contributed by atoms with E-state index in [1.807, 2.05) is 76.4 Å². The number of aromatic nitrogens is 5. The molecule has 9 nitrogen and oxygen atoms in total. The van der Waals surface area contributed by atoms with Gasteiger partial charge in [-0.05, 0) is 68.8 Å². The topological polar surface area (TPSA) is 104 Å². The van der Waals surface area contributed by atoms with Crippen LogP contribution in [0.2, 0.25) is 0 Å². The number of ether oxygens (including phenoxy) is 2. The summed E-state index contributed by atoms with van der Waals surface area (Å²) in [6.07, 6.45) is 8.14. The average molecular weight is 552 g/mol. The van der Waals surface area contributed by atoms with Crippen LogP contribution in [0.25, 0.3) is 16.8 Å². The molecule has 5 aromatic rings. The van der Waals surface area contributed by atoms with Crippen LogP contribution in [-0.4, -0.2) is 49.4 Å². The second-order valence-corrected chi connectivity index (χ2v) is 10.2. The number of nitrogens with two attached hydrogens (primary N) is 1. The van der Waals surface area contributed by atoms with Crippen LogP contribution in [0.4, 0.5) is 5.82 Å². The number of likely N-dealkylation sites (tertiary alicyclic amines) is 1. The van der Waals surface area contributed by atoms with Crippen molar-refractivity contribution < 1.29 is 9.47 Å². The number of hydrogen-bond donors (Lipinski definition) is 1. The lowest BCUT2D eigenvalue weighted by atomic mass is 9.97. The minimum Gasteiger partial charge on any atom is -0.489 e. The molecule has 212 valence electrons. The Balaban J connectivity index is 0.00000165. The first-order valence-corrected chi connectivity index (χ1v) is 14.0. The molecule has 0 atom stereocenters. The molecule has 2 aromatic carbocycles. The van der Waals surface area contributed by atoms with Gasteiger partial charge in [0.05, 0.1) is 0 Å². The Bertz CT molecular complexity index is 1610. The summed E-state index contributed by atoms with van der Waals surface area (Å²) in [5.74, 6) is 4.96. The molecule has 0 bridgehead atoms. The van der Waals surface area contributed by atoms with Gasteiger partial charge in [0, 0.05) is 61.5 Å². The molecule has 0 saturated carbocycles. The van der Waals surface area contributed by atoms with Crippen molar-refractivity contribution in [2.24, 2.45) is 5.92 Å². The van der Waals surface area contributed by atoms with Gasteiger partial charge in [-0.1, -0.05) is 13.8 Å². The highest BCUT2D eigenvalue weighted by Crippen LogP contribution is 2.33. The summed E-state index contributed by atoms with van der Waals surface area (Å²) in [4.78, 5) is 20.1. The molecule has 1 fully saturated rings. The van der Waals surface area contributed by atoms with E-state index in [0.29, 0.717) is 24.1 Å². The maximum atomic E-state index is 6.31. The van der Waals surface area contributed by atoms with E-state index >= 15 is 0 Å². The minimum atomic E-state index is 0.383. The molecule has 1 saturated heterocycles. The van der Waals surface area contributed by atoms with E-state index in [-0.39, 0.29) is 0 Å². The van der Waals surface area contributed by atoms with Gasteiger partial charge in [-0.25, -0.2) is 19.9 Å². The first kappa shape index (κ1) is 28.0. The van der Waals surface area contributed by atoms with Gasteiger partial charge in [0.25, 0.3) is 0 Å². The van der Waals surface area contributed by atoms with Crippen LogP contribution in [0.15, 0.2) is 67.3 Å². The van der Waals surface area contributed by atoms with E-state index in [9.17, 15) is 0 Å². The van der Waals surface area contributed by atoms with Crippen LogP contribution in [0, 0.1) is 19.8 Å². The monoisotopic (exact) mass is 551 g/mol. The predicted molar refractivity (Wildman–Crippen MR) is 161 cm³/mol. The van der Waals surface area contributed by atoms with E-state index in [0.717, 1.165) is 70.6 Å². The summed E-state index contributed by atoms with van der Waals surface area (Å²) < 4.78 is 14.2. The molecule has 1 aliphatic rings. The lowest BCUT2D eigenvalue weighted by molar-refractivity contribution is 0.133. The number of nitrogen functional groups attached to an aromatic ring is 1. The van der Waals surface area contributed by atoms with Crippen LogP contribution < -0.4 is 15.2 Å². The Hall–Kier alpha value is -4.50. The number of hydrogen-bond acceptors (Lipinski definition) is 8. The zero-order chi connectivity index (χ0) is 28.9. The number of benzene rings is 2. The second kappa shape index (κ2) is 12.3. The summed E-state index contributed by atoms with van der Waals surface area (Å²) in [6, 6.07) is 13.8. The highest BCUT2D eigenvalue weighted by atomic mass is 16.5. The fourth-order valence-electron chi connectivity index (χ4n) is 5.02. The lowest BCUT2D eigenvalue weighted by Crippen LogP contribution is -2.44. The Morgan fingerprint density at radius 2 is 1.63 bits per heavy atom. The smallest absolute Gasteiger partial charge is 0.150 e. The van der Waals surface area contributed by atoms with Crippen molar-refractivity contribution in [3.8, 4) is 28.5 Å². The zero-order valence-electron chi connectivity index (χ0n) is 24.3. The van der Waals surface area contributed by atoms with Gasteiger partial charge < -0.3 is 20.1 Å². The Kier molecular flexibility index (Phi) is 8.45. The van der Waals surface area contributed by atoms with Crippen molar-refractivity contribution in [1.82, 2.24) is 29.2 Å². The van der Waals surface area contributed by atoms with Crippen molar-refractivity contribution in [3.63, 3.8) is 0 Å². The fraction of sp³-hybridized carbons (Fsp3) is 0.312. The molecule has 6 rings (SSSR count). The molecular formula is C32H37N7O2. The summed E-state index contributed by atoms with van der Waals surface area (Å²) >= 11 is 0. The lowest BCUT2D eigenvalue weighted by Gasteiger charge is -2.35. The first-order chi connectivity index (χ1) is 19.9. The maximum absolute atomic E-state index is 6.31. The molecular weight excluding hydrogens is 514 g/mol. The van der Waals surface area contributed by atoms with Gasteiger partial charge in [0.2, 0.25) is 0 Å². The first-order valence-electron chi connectivity index (χ1n) is 14.0. The van der Waals surface area contributed by atoms with E-state index in [1.165, 1.54) is 0 Å². The third-order valence-electron chi connectivity index (χ3n) is 6.89. The summed E-state index contributed by atoms with van der Waals surface area (Å²) in [5.41, 5.74) is 10.9. The fourth-order valence-corrected chi connectivity index (χ4v) is 5.02. The van der Waals surface area contributed by atoms with E-state index < -0.39 is 0 Å². The minimum absolute atomic E-state index is 0.383. The highest BCUT2D eigenvalue weighted by molar-refractivity contribution is 5.85. The maximum Gasteiger partial charge on any atom is 0.150 e. The van der Waals surface area contributed by atoms with Crippen molar-refractivity contribution in [1.29, 1.82) is 0 Å². The zero-order valence-corrected chi connectivity index (χ0v) is 24.3. The molecule has 9 heteroatoms. The molecule has 0 aliphatic carbocycles. The van der Waals surface area contributed by atoms with Crippen LogP contribution in [-0.2, 0) is 13.0 Å². The van der Waals surface area contributed by atoms with Gasteiger partial charge >= 0.3 is 0 Å². The van der Waals surface area contributed by atoms with Crippen molar-refractivity contribution in [2.45, 2.75) is 40.7 Å². The summed E-state index contributed by atoms with van der Waals surface area (Å²) in [5, 5.41) is 0. The van der Waals surface area contributed by atoms with Gasteiger partial charge in [-0.2, -0.15) is 0 Å². The van der Waals surface area contributed by atoms with Gasteiger partial charge in [0.15, 0.2) is 0 Å². The second-order valence-electron chi connectivity index (χ2n) is 10.2. The standard InChI is InChI=1S/C30H31N7O2.C2H6/c1-19-10-25(38-18-22-14-33-20(2)34-15-22)13-26(11-19)39-24-6-4-23(5-7-24)28-29-30(31)32-8-9-37(29)27(35-28)12-21-16-36(3)17-21;1-2/h4-11,13-15,21H,12,16-18H2,1-3H3,(H2,31,32);1-2H3. The number of rotatable bonds is 8. The molecule has 0 spiro atoms. The van der Waals surface area contributed by atoms with Crippen LogP contribution in [0.1, 0.15) is 36.6 Å². The number of fused-ring (bicyclic) bond motifs is 1. The largest absolute Gasteiger partial charge is 0.489 e. The SMILES string of the molecule is CC.Cc1cc(OCc2cnc(C)nc2)cc(Oc2ccc(-c3nc(CC4CN(C)C4)n4ccnc(N)c34)cc2)c1. The quantitative estimate of drug-likeness (QED) is 0.255. The van der Waals surface area contributed by atoms with Crippen LogP contribution in [0.3, 0.4) is 0 Å². The van der Waals surface area contributed by atoms with Gasteiger partial charge in [-0.15, -0.1) is 0 Å². The van der Waals surface area contributed by atoms with Crippen molar-refractivity contribution in [2.75, 3.05) is 25.9 Å². The third-order valence-corrected chi connectivity index (χ3v) is 6.89.